The minimum Gasteiger partial charge on any atom is -0.468 e. The highest BCUT2D eigenvalue weighted by molar-refractivity contribution is 6.30. The van der Waals surface area contributed by atoms with Crippen molar-refractivity contribution in [1.82, 2.24) is 5.32 Å². The van der Waals surface area contributed by atoms with Crippen molar-refractivity contribution in [2.75, 3.05) is 7.11 Å². The summed E-state index contributed by atoms with van der Waals surface area (Å²) in [6.07, 6.45) is 0.506. The molecule has 2 aliphatic heterocycles. The molecule has 3 rings (SSSR count). The lowest BCUT2D eigenvalue weighted by atomic mass is 9.75. The maximum absolute atomic E-state index is 12.2. The summed E-state index contributed by atoms with van der Waals surface area (Å²) in [7, 11) is 1.28. The van der Waals surface area contributed by atoms with Crippen LogP contribution in [0.4, 0.5) is 0 Å². The van der Waals surface area contributed by atoms with E-state index < -0.39 is 17.6 Å². The van der Waals surface area contributed by atoms with E-state index in [1.165, 1.54) is 7.11 Å². The number of amides is 1. The largest absolute Gasteiger partial charge is 0.468 e. The molecule has 0 aliphatic carbocycles. The van der Waals surface area contributed by atoms with Crippen LogP contribution in [-0.2, 0) is 14.3 Å². The third-order valence-electron chi connectivity index (χ3n) is 3.84. The van der Waals surface area contributed by atoms with E-state index in [0.717, 1.165) is 5.56 Å². The van der Waals surface area contributed by atoms with E-state index >= 15 is 0 Å². The van der Waals surface area contributed by atoms with E-state index in [4.69, 9.17) is 21.1 Å². The van der Waals surface area contributed by atoms with E-state index in [0.29, 0.717) is 17.2 Å². The van der Waals surface area contributed by atoms with Crippen molar-refractivity contribution in [3.8, 4) is 5.75 Å². The first-order chi connectivity index (χ1) is 9.43. The highest BCUT2D eigenvalue weighted by Crippen LogP contribution is 2.47. The van der Waals surface area contributed by atoms with Crippen LogP contribution in [-0.4, -0.2) is 24.7 Å². The highest BCUT2D eigenvalue weighted by atomic mass is 35.5. The smallest absolute Gasteiger partial charge is 0.318 e. The average molecular weight is 296 g/mol. The van der Waals surface area contributed by atoms with Crippen molar-refractivity contribution in [3.05, 3.63) is 28.8 Å². The van der Waals surface area contributed by atoms with Crippen molar-refractivity contribution >= 4 is 23.5 Å². The Labute approximate surface area is 121 Å². The van der Waals surface area contributed by atoms with Gasteiger partial charge >= 0.3 is 5.97 Å². The van der Waals surface area contributed by atoms with E-state index in [1.54, 1.807) is 25.1 Å². The number of benzene rings is 1. The molecule has 106 valence electrons. The first-order valence-electron chi connectivity index (χ1n) is 6.32. The van der Waals surface area contributed by atoms with Gasteiger partial charge in [0, 0.05) is 22.9 Å². The molecule has 0 radical (unpaired) electrons. The fourth-order valence-electron chi connectivity index (χ4n) is 3.01. The van der Waals surface area contributed by atoms with Crippen LogP contribution in [0.5, 0.6) is 5.75 Å². The van der Waals surface area contributed by atoms with Crippen molar-refractivity contribution in [2.45, 2.75) is 25.0 Å². The van der Waals surface area contributed by atoms with E-state index in [2.05, 4.69) is 5.32 Å². The first kappa shape index (κ1) is 13.2. The van der Waals surface area contributed by atoms with Crippen molar-refractivity contribution in [2.24, 2.45) is 5.92 Å². The maximum Gasteiger partial charge on any atom is 0.318 e. The van der Waals surface area contributed by atoms with Gasteiger partial charge in [-0.15, -0.1) is 0 Å². The number of hydrogen-bond donors (Lipinski definition) is 1. The Kier molecular flexibility index (Phi) is 2.90. The molecule has 2 heterocycles. The number of halogens is 1. The second-order valence-corrected chi connectivity index (χ2v) is 5.75. The van der Waals surface area contributed by atoms with Gasteiger partial charge in [-0.1, -0.05) is 11.6 Å². The number of hydrogen-bond acceptors (Lipinski definition) is 4. The number of esters is 1. The van der Waals surface area contributed by atoms with Crippen LogP contribution < -0.4 is 10.1 Å². The Morgan fingerprint density at radius 2 is 2.30 bits per heavy atom. The van der Waals surface area contributed by atoms with Crippen LogP contribution in [0.15, 0.2) is 18.2 Å². The zero-order chi connectivity index (χ0) is 14.5. The lowest BCUT2D eigenvalue weighted by Crippen LogP contribution is -2.62. The third-order valence-corrected chi connectivity index (χ3v) is 4.08. The van der Waals surface area contributed by atoms with Crippen molar-refractivity contribution < 1.29 is 19.1 Å². The molecule has 1 fully saturated rings. The average Bonchev–Trinajstić information content (AvgIpc) is 2.38. The molecule has 5 nitrogen and oxygen atoms in total. The zero-order valence-corrected chi connectivity index (χ0v) is 11.9. The monoisotopic (exact) mass is 295 g/mol. The minimum absolute atomic E-state index is 0.288. The molecular weight excluding hydrogens is 282 g/mol. The van der Waals surface area contributed by atoms with Gasteiger partial charge in [-0.3, -0.25) is 9.59 Å². The van der Waals surface area contributed by atoms with Crippen LogP contribution in [0, 0.1) is 5.92 Å². The molecule has 2 aliphatic rings. The number of carbonyl (C=O) groups is 2. The molecule has 1 aromatic carbocycles. The molecule has 1 N–H and O–H groups in total. The third kappa shape index (κ3) is 1.93. The summed E-state index contributed by atoms with van der Waals surface area (Å²) in [5, 5.41) is 3.30. The number of carbonyl (C=O) groups excluding carboxylic acids is 2. The maximum atomic E-state index is 12.2. The molecular formula is C14H14ClNO4. The van der Waals surface area contributed by atoms with Gasteiger partial charge in [-0.05, 0) is 25.1 Å². The Morgan fingerprint density at radius 1 is 1.55 bits per heavy atom. The van der Waals surface area contributed by atoms with Gasteiger partial charge in [0.05, 0.1) is 7.11 Å². The van der Waals surface area contributed by atoms with E-state index in [-0.39, 0.29) is 11.8 Å². The van der Waals surface area contributed by atoms with Crippen LogP contribution in [0.25, 0.3) is 0 Å². The molecule has 0 aromatic heterocycles. The number of nitrogens with one attached hydrogen (secondary N) is 1. The Hall–Kier alpha value is -1.75. The summed E-state index contributed by atoms with van der Waals surface area (Å²) in [4.78, 5) is 24.1. The minimum atomic E-state index is -0.866. The number of methoxy groups -OCH3 is 1. The van der Waals surface area contributed by atoms with E-state index in [9.17, 15) is 9.59 Å². The molecule has 6 heteroatoms. The molecule has 1 aromatic rings. The predicted molar refractivity (Wildman–Crippen MR) is 71.5 cm³/mol. The van der Waals surface area contributed by atoms with Gasteiger partial charge in [-0.2, -0.15) is 0 Å². The van der Waals surface area contributed by atoms with Gasteiger partial charge in [-0.25, -0.2) is 0 Å². The van der Waals surface area contributed by atoms with Gasteiger partial charge in [0.1, 0.15) is 11.7 Å². The number of fused-ring (bicyclic) bond motifs is 4. The fourth-order valence-corrected chi connectivity index (χ4v) is 3.19. The number of piperidine rings is 1. The van der Waals surface area contributed by atoms with Crippen LogP contribution >= 0.6 is 11.6 Å². The molecule has 1 saturated heterocycles. The van der Waals surface area contributed by atoms with Crippen molar-refractivity contribution in [3.63, 3.8) is 0 Å². The number of rotatable bonds is 1. The summed E-state index contributed by atoms with van der Waals surface area (Å²) in [6.45, 7) is 1.79. The van der Waals surface area contributed by atoms with Gasteiger partial charge in [0.2, 0.25) is 5.91 Å². The van der Waals surface area contributed by atoms with Crippen LogP contribution in [0.2, 0.25) is 5.02 Å². The van der Waals surface area contributed by atoms with Gasteiger partial charge < -0.3 is 14.8 Å². The zero-order valence-electron chi connectivity index (χ0n) is 11.1. The highest BCUT2D eigenvalue weighted by Gasteiger charge is 2.52. The van der Waals surface area contributed by atoms with E-state index in [1.807, 2.05) is 0 Å². The Bertz CT molecular complexity index is 603. The van der Waals surface area contributed by atoms with Gasteiger partial charge in [0.25, 0.3) is 0 Å². The predicted octanol–water partition coefficient (Wildman–Crippen LogP) is 1.84. The van der Waals surface area contributed by atoms with Crippen LogP contribution in [0.3, 0.4) is 0 Å². The standard InChI is InChI=1S/C14H14ClNO4/c1-14-6-9(11(12(17)16-14)13(18)19-2)8-5-7(15)3-4-10(8)20-14/h3-5,9,11H,6H2,1-2H3,(H,16,17)/t9-,11+,14-/m0/s1. The molecule has 2 bridgehead atoms. The Balaban J connectivity index is 2.12. The Morgan fingerprint density at radius 3 is 3.00 bits per heavy atom. The summed E-state index contributed by atoms with van der Waals surface area (Å²) in [6, 6.07) is 5.23. The second kappa shape index (κ2) is 4.38. The first-order valence-corrected chi connectivity index (χ1v) is 6.70. The summed E-state index contributed by atoms with van der Waals surface area (Å²) < 4.78 is 10.6. The SMILES string of the molecule is COC(=O)[C@H]1C(=O)N[C@]2(C)C[C@H]1c1cc(Cl)ccc1O2. The van der Waals surface area contributed by atoms with Crippen LogP contribution in [0.1, 0.15) is 24.8 Å². The quantitative estimate of drug-likeness (QED) is 0.634. The lowest BCUT2D eigenvalue weighted by molar-refractivity contribution is -0.158. The van der Waals surface area contributed by atoms with Crippen molar-refractivity contribution in [1.29, 1.82) is 0 Å². The normalized spacial score (nSPS) is 30.9. The molecule has 0 saturated carbocycles. The second-order valence-electron chi connectivity index (χ2n) is 5.32. The molecule has 0 spiro atoms. The molecule has 20 heavy (non-hydrogen) atoms. The summed E-state index contributed by atoms with van der Waals surface area (Å²) in [5.41, 5.74) is -0.0205. The number of ether oxygens (including phenoxy) is 2. The summed E-state index contributed by atoms with van der Waals surface area (Å²) in [5.74, 6) is -1.43. The fraction of sp³-hybridized carbons (Fsp3) is 0.429. The molecule has 0 unspecified atom stereocenters. The molecule has 1 amide bonds. The molecule has 3 atom stereocenters. The topological polar surface area (TPSA) is 64.6 Å². The van der Waals surface area contributed by atoms with Gasteiger partial charge in [0.15, 0.2) is 5.72 Å². The lowest BCUT2D eigenvalue weighted by Gasteiger charge is -2.46. The summed E-state index contributed by atoms with van der Waals surface area (Å²) >= 11 is 6.01.